The molecule has 1 aliphatic heterocycles. The zero-order valence-corrected chi connectivity index (χ0v) is 19.8. The molecule has 6 nitrogen and oxygen atoms in total. The summed E-state index contributed by atoms with van der Waals surface area (Å²) in [5.41, 5.74) is -0.290. The Kier molecular flexibility index (Phi) is 7.17. The van der Waals surface area contributed by atoms with E-state index in [0.29, 0.717) is 17.7 Å². The number of carbonyl (C=O) groups is 2. The number of halogens is 5. The van der Waals surface area contributed by atoms with Crippen molar-refractivity contribution in [2.45, 2.75) is 32.7 Å². The Bertz CT molecular complexity index is 1380. The maximum absolute atomic E-state index is 14.8. The molecular formula is C26H22F5N3O3. The van der Waals surface area contributed by atoms with Crippen LogP contribution in [-0.2, 0) is 19.7 Å². The first kappa shape index (κ1) is 26.1. The number of rotatable bonds is 6. The van der Waals surface area contributed by atoms with Gasteiger partial charge in [0.2, 0.25) is 0 Å². The van der Waals surface area contributed by atoms with E-state index in [1.165, 1.54) is 24.1 Å². The van der Waals surface area contributed by atoms with Crippen molar-refractivity contribution in [3.05, 3.63) is 99.4 Å². The normalized spacial score (nSPS) is 15.1. The first-order chi connectivity index (χ1) is 17.5. The predicted octanol–water partition coefficient (Wildman–Crippen LogP) is 4.94. The molecule has 3 amide bonds. The highest BCUT2D eigenvalue weighted by molar-refractivity contribution is 5.99. The summed E-state index contributed by atoms with van der Waals surface area (Å²) < 4.78 is 70.4. The first-order valence-electron chi connectivity index (χ1n) is 11.2. The minimum atomic E-state index is -1.16. The Morgan fingerprint density at radius 3 is 2.30 bits per heavy atom. The second-order valence-electron chi connectivity index (χ2n) is 8.62. The first-order valence-corrected chi connectivity index (χ1v) is 11.2. The fourth-order valence-electron chi connectivity index (χ4n) is 4.18. The van der Waals surface area contributed by atoms with E-state index in [1.807, 2.05) is 0 Å². The van der Waals surface area contributed by atoms with Gasteiger partial charge in [0.1, 0.15) is 29.1 Å². The largest absolute Gasteiger partial charge is 0.392 e. The molecule has 37 heavy (non-hydrogen) atoms. The summed E-state index contributed by atoms with van der Waals surface area (Å²) in [5, 5.41) is 11.7. The van der Waals surface area contributed by atoms with Gasteiger partial charge in [0, 0.05) is 48.0 Å². The molecule has 0 unspecified atom stereocenters. The smallest absolute Gasteiger partial charge is 0.325 e. The summed E-state index contributed by atoms with van der Waals surface area (Å²) in [4.78, 5) is 28.4. The van der Waals surface area contributed by atoms with E-state index in [4.69, 9.17) is 0 Å². The third-order valence-electron chi connectivity index (χ3n) is 6.43. The minimum absolute atomic E-state index is 0.0151. The van der Waals surface area contributed by atoms with E-state index in [9.17, 15) is 36.6 Å². The minimum Gasteiger partial charge on any atom is -0.392 e. The summed E-state index contributed by atoms with van der Waals surface area (Å²) in [6.45, 7) is -0.0207. The van der Waals surface area contributed by atoms with Crippen molar-refractivity contribution >= 4 is 17.6 Å². The van der Waals surface area contributed by atoms with Crippen LogP contribution in [0.5, 0.6) is 0 Å². The van der Waals surface area contributed by atoms with E-state index < -0.39 is 77.9 Å². The lowest BCUT2D eigenvalue weighted by Crippen LogP contribution is -2.47. The van der Waals surface area contributed by atoms with Crippen LogP contribution in [0.3, 0.4) is 0 Å². The quantitative estimate of drug-likeness (QED) is 0.454. The number of anilines is 1. The number of aliphatic hydroxyl groups is 1. The summed E-state index contributed by atoms with van der Waals surface area (Å²) in [6, 6.07) is 6.42. The Balaban J connectivity index is 1.67. The standard InChI is InChI=1S/C26H22F5N3O3/c1-13-17-5-3-14(25(36)32-10-18-21(29)8-16(27)9-22(18)30)7-23(17)34(26(37)33(13)2)11-19-20(28)6-4-15(12-35)24(19)31/h3-9,13,35H,10-12H2,1-2H3,(H,32,36)/t13-/m0/s1. The number of nitrogens with one attached hydrogen (secondary N) is 1. The number of nitrogens with zero attached hydrogens (tertiary/aromatic N) is 2. The molecule has 1 atom stereocenters. The lowest BCUT2D eigenvalue weighted by atomic mass is 9.98. The van der Waals surface area contributed by atoms with Gasteiger partial charge in [0.15, 0.2) is 0 Å². The lowest BCUT2D eigenvalue weighted by molar-refractivity contribution is 0.0950. The molecule has 0 spiro atoms. The van der Waals surface area contributed by atoms with Crippen LogP contribution in [0.15, 0.2) is 42.5 Å². The molecule has 0 bridgehead atoms. The van der Waals surface area contributed by atoms with E-state index in [1.54, 1.807) is 13.0 Å². The van der Waals surface area contributed by atoms with Gasteiger partial charge in [0.05, 0.1) is 24.9 Å². The number of hydrogen-bond donors (Lipinski definition) is 2. The Labute approximate surface area is 208 Å². The molecule has 0 saturated carbocycles. The van der Waals surface area contributed by atoms with Crippen molar-refractivity contribution < 1.29 is 36.6 Å². The molecule has 4 rings (SSSR count). The fourth-order valence-corrected chi connectivity index (χ4v) is 4.18. The number of hydrogen-bond acceptors (Lipinski definition) is 3. The zero-order chi connectivity index (χ0) is 27.0. The van der Waals surface area contributed by atoms with Crippen LogP contribution in [0.2, 0.25) is 0 Å². The molecule has 11 heteroatoms. The van der Waals surface area contributed by atoms with Gasteiger partial charge in [-0.05, 0) is 30.7 Å². The summed E-state index contributed by atoms with van der Waals surface area (Å²) in [5.74, 6) is -6.07. The molecule has 0 saturated heterocycles. The zero-order valence-electron chi connectivity index (χ0n) is 19.8. The van der Waals surface area contributed by atoms with Crippen LogP contribution in [0.4, 0.5) is 32.4 Å². The average molecular weight is 519 g/mol. The molecule has 0 aromatic heterocycles. The van der Waals surface area contributed by atoms with Crippen LogP contribution < -0.4 is 10.2 Å². The van der Waals surface area contributed by atoms with E-state index >= 15 is 0 Å². The van der Waals surface area contributed by atoms with E-state index in [0.717, 1.165) is 17.0 Å². The highest BCUT2D eigenvalue weighted by Gasteiger charge is 2.35. The maximum Gasteiger partial charge on any atom is 0.325 e. The predicted molar refractivity (Wildman–Crippen MR) is 124 cm³/mol. The highest BCUT2D eigenvalue weighted by atomic mass is 19.2. The molecular weight excluding hydrogens is 497 g/mol. The number of fused-ring (bicyclic) bond motifs is 1. The van der Waals surface area contributed by atoms with Crippen LogP contribution in [0.1, 0.15) is 45.6 Å². The van der Waals surface area contributed by atoms with Crippen LogP contribution in [0, 0.1) is 29.1 Å². The fraction of sp³-hybridized carbons (Fsp3) is 0.231. The Hall–Kier alpha value is -3.99. The molecule has 0 fully saturated rings. The van der Waals surface area contributed by atoms with Crippen molar-refractivity contribution in [1.29, 1.82) is 0 Å². The molecule has 1 heterocycles. The molecule has 3 aromatic rings. The van der Waals surface area contributed by atoms with Crippen LogP contribution in [0.25, 0.3) is 0 Å². The van der Waals surface area contributed by atoms with Crippen molar-refractivity contribution in [2.24, 2.45) is 0 Å². The van der Waals surface area contributed by atoms with Crippen molar-refractivity contribution in [3.63, 3.8) is 0 Å². The molecule has 0 aliphatic carbocycles. The molecule has 3 aromatic carbocycles. The number of aliphatic hydroxyl groups excluding tert-OH is 1. The van der Waals surface area contributed by atoms with Crippen LogP contribution >= 0.6 is 0 Å². The van der Waals surface area contributed by atoms with Gasteiger partial charge < -0.3 is 15.3 Å². The summed E-state index contributed by atoms with van der Waals surface area (Å²) >= 11 is 0. The van der Waals surface area contributed by atoms with Gasteiger partial charge in [-0.1, -0.05) is 12.1 Å². The molecule has 0 radical (unpaired) electrons. The number of amides is 3. The Morgan fingerprint density at radius 1 is 0.973 bits per heavy atom. The maximum atomic E-state index is 14.8. The van der Waals surface area contributed by atoms with Gasteiger partial charge >= 0.3 is 6.03 Å². The van der Waals surface area contributed by atoms with E-state index in [2.05, 4.69) is 5.32 Å². The van der Waals surface area contributed by atoms with Gasteiger partial charge in [-0.2, -0.15) is 0 Å². The summed E-state index contributed by atoms with van der Waals surface area (Å²) in [7, 11) is 1.52. The number of urea groups is 1. The third kappa shape index (κ3) is 4.86. The van der Waals surface area contributed by atoms with Crippen LogP contribution in [-0.4, -0.2) is 29.0 Å². The third-order valence-corrected chi connectivity index (χ3v) is 6.43. The average Bonchev–Trinajstić information content (AvgIpc) is 2.86. The van der Waals surface area contributed by atoms with Crippen molar-refractivity contribution in [1.82, 2.24) is 10.2 Å². The van der Waals surface area contributed by atoms with Gasteiger partial charge in [-0.25, -0.2) is 26.7 Å². The molecule has 1 aliphatic rings. The van der Waals surface area contributed by atoms with Crippen molar-refractivity contribution in [3.8, 4) is 0 Å². The van der Waals surface area contributed by atoms with Gasteiger partial charge in [-0.3, -0.25) is 9.69 Å². The lowest BCUT2D eigenvalue weighted by Gasteiger charge is -2.39. The number of benzene rings is 3. The second-order valence-corrected chi connectivity index (χ2v) is 8.62. The number of carbonyl (C=O) groups excluding carboxylic acids is 2. The Morgan fingerprint density at radius 2 is 1.65 bits per heavy atom. The molecule has 2 N–H and O–H groups in total. The summed E-state index contributed by atoms with van der Waals surface area (Å²) in [6.07, 6.45) is 0. The topological polar surface area (TPSA) is 72.9 Å². The second kappa shape index (κ2) is 10.2. The van der Waals surface area contributed by atoms with E-state index in [-0.39, 0.29) is 16.8 Å². The molecule has 194 valence electrons. The highest BCUT2D eigenvalue weighted by Crippen LogP contribution is 2.38. The SMILES string of the molecule is C[C@H]1c2ccc(C(=O)NCc3c(F)cc(F)cc3F)cc2N(Cc2c(F)ccc(CO)c2F)C(=O)N1C. The van der Waals surface area contributed by atoms with Crippen molar-refractivity contribution in [2.75, 3.05) is 11.9 Å². The monoisotopic (exact) mass is 519 g/mol. The van der Waals surface area contributed by atoms with Gasteiger partial charge in [0.25, 0.3) is 5.91 Å². The van der Waals surface area contributed by atoms with Gasteiger partial charge in [-0.15, -0.1) is 0 Å².